The third kappa shape index (κ3) is 19.7. The van der Waals surface area contributed by atoms with Crippen molar-refractivity contribution in [1.29, 1.82) is 0 Å². The van der Waals surface area contributed by atoms with Crippen LogP contribution in [0.4, 0.5) is 0 Å². The number of hydrogen-bond acceptors (Lipinski definition) is 1. The molecule has 0 radical (unpaired) electrons. The Hall–Kier alpha value is -0.300. The third-order valence-electron chi connectivity index (χ3n) is 4.64. The highest BCUT2D eigenvalue weighted by molar-refractivity contribution is 4.81. The maximum atomic E-state index is 3.57. The van der Waals surface area contributed by atoms with Gasteiger partial charge in [0.1, 0.15) is 0 Å². The molecule has 0 aliphatic rings. The predicted molar refractivity (Wildman–Crippen MR) is 107 cm³/mol. The smallest absolute Gasteiger partial charge is 0.00387 e. The molecular formula is C22H45N. The van der Waals surface area contributed by atoms with Gasteiger partial charge in [-0.2, -0.15) is 0 Å². The molecule has 0 saturated heterocycles. The average Bonchev–Trinajstić information content (AvgIpc) is 2.56. The van der Waals surface area contributed by atoms with E-state index in [9.17, 15) is 0 Å². The van der Waals surface area contributed by atoms with Gasteiger partial charge in [-0.1, -0.05) is 83.8 Å². The zero-order valence-electron chi connectivity index (χ0n) is 16.5. The van der Waals surface area contributed by atoms with Crippen molar-refractivity contribution in [3.05, 3.63) is 12.2 Å². The van der Waals surface area contributed by atoms with E-state index in [2.05, 4.69) is 38.2 Å². The Balaban J connectivity index is 3.13. The van der Waals surface area contributed by atoms with Crippen molar-refractivity contribution in [3.63, 3.8) is 0 Å². The molecule has 138 valence electrons. The van der Waals surface area contributed by atoms with Crippen molar-refractivity contribution in [1.82, 2.24) is 5.32 Å². The van der Waals surface area contributed by atoms with E-state index < -0.39 is 0 Å². The first-order valence-electron chi connectivity index (χ1n) is 10.7. The summed E-state index contributed by atoms with van der Waals surface area (Å²) >= 11 is 0. The molecule has 0 heterocycles. The maximum absolute atomic E-state index is 3.57. The molecule has 0 saturated carbocycles. The zero-order valence-corrected chi connectivity index (χ0v) is 16.5. The van der Waals surface area contributed by atoms with Crippen molar-refractivity contribution in [2.75, 3.05) is 6.54 Å². The molecule has 1 N–H and O–H groups in total. The number of hydrogen-bond donors (Lipinski definition) is 1. The van der Waals surface area contributed by atoms with Gasteiger partial charge >= 0.3 is 0 Å². The Labute approximate surface area is 147 Å². The van der Waals surface area contributed by atoms with Gasteiger partial charge < -0.3 is 5.32 Å². The molecule has 0 spiro atoms. The molecule has 1 heteroatoms. The quantitative estimate of drug-likeness (QED) is 0.204. The van der Waals surface area contributed by atoms with Crippen molar-refractivity contribution in [2.24, 2.45) is 0 Å². The van der Waals surface area contributed by atoms with Crippen LogP contribution in [0.15, 0.2) is 12.2 Å². The minimum Gasteiger partial charge on any atom is -0.314 e. The van der Waals surface area contributed by atoms with Gasteiger partial charge in [0.25, 0.3) is 0 Å². The fourth-order valence-electron chi connectivity index (χ4n) is 3.01. The van der Waals surface area contributed by atoms with Crippen molar-refractivity contribution in [2.45, 2.75) is 123 Å². The zero-order chi connectivity index (χ0) is 17.0. The summed E-state index contributed by atoms with van der Waals surface area (Å²) in [5.74, 6) is 0. The normalized spacial score (nSPS) is 13.0. The van der Waals surface area contributed by atoms with E-state index >= 15 is 0 Å². The maximum Gasteiger partial charge on any atom is 0.00387 e. The molecule has 0 aliphatic heterocycles. The molecule has 23 heavy (non-hydrogen) atoms. The predicted octanol–water partition coefficient (Wildman–Crippen LogP) is 7.41. The molecule has 0 aromatic rings. The lowest BCUT2D eigenvalue weighted by Crippen LogP contribution is -2.26. The van der Waals surface area contributed by atoms with Crippen LogP contribution in [-0.4, -0.2) is 12.6 Å². The summed E-state index contributed by atoms with van der Waals surface area (Å²) in [5, 5.41) is 3.57. The minimum absolute atomic E-state index is 0.708. The van der Waals surface area contributed by atoms with E-state index in [0.29, 0.717) is 6.04 Å². The van der Waals surface area contributed by atoms with Crippen molar-refractivity contribution < 1.29 is 0 Å². The fourth-order valence-corrected chi connectivity index (χ4v) is 3.01. The third-order valence-corrected chi connectivity index (χ3v) is 4.64. The number of unbranched alkanes of at least 4 members (excludes halogenated alkanes) is 11. The molecule has 1 nitrogen and oxygen atoms in total. The molecule has 0 aromatic carbocycles. The molecule has 0 bridgehead atoms. The standard InChI is InChI=1S/C22H45N/c1-4-6-7-8-9-10-11-12-13-14-15-16-17-18-19-20-22(3)23-21-5-2/h12-13,22-23H,4-11,14-21H2,1-3H3/b13-12-. The van der Waals surface area contributed by atoms with Crippen LogP contribution in [0.2, 0.25) is 0 Å². The molecule has 0 amide bonds. The van der Waals surface area contributed by atoms with Crippen LogP contribution in [-0.2, 0) is 0 Å². The molecule has 0 aliphatic carbocycles. The van der Waals surface area contributed by atoms with Gasteiger partial charge in [0.15, 0.2) is 0 Å². The van der Waals surface area contributed by atoms with Crippen LogP contribution in [0.1, 0.15) is 117 Å². The Kier molecular flexibility index (Phi) is 19.5. The lowest BCUT2D eigenvalue weighted by Gasteiger charge is -2.12. The van der Waals surface area contributed by atoms with E-state index in [4.69, 9.17) is 0 Å². The van der Waals surface area contributed by atoms with Gasteiger partial charge in [0.05, 0.1) is 0 Å². The topological polar surface area (TPSA) is 12.0 Å². The highest BCUT2D eigenvalue weighted by atomic mass is 14.9. The number of allylic oxidation sites excluding steroid dienone is 2. The summed E-state index contributed by atoms with van der Waals surface area (Å²) < 4.78 is 0. The second-order valence-electron chi connectivity index (χ2n) is 7.23. The monoisotopic (exact) mass is 323 g/mol. The molecule has 0 fully saturated rings. The van der Waals surface area contributed by atoms with Crippen LogP contribution in [0.5, 0.6) is 0 Å². The van der Waals surface area contributed by atoms with Crippen molar-refractivity contribution in [3.8, 4) is 0 Å². The highest BCUT2D eigenvalue weighted by Gasteiger charge is 1.99. The second kappa shape index (κ2) is 19.7. The van der Waals surface area contributed by atoms with Crippen molar-refractivity contribution >= 4 is 0 Å². The number of rotatable bonds is 18. The van der Waals surface area contributed by atoms with Gasteiger partial charge in [0, 0.05) is 6.04 Å². The molecule has 1 atom stereocenters. The van der Waals surface area contributed by atoms with Gasteiger partial charge in [-0.15, -0.1) is 0 Å². The highest BCUT2D eigenvalue weighted by Crippen LogP contribution is 2.10. The molecule has 1 unspecified atom stereocenters. The molecule has 0 rings (SSSR count). The average molecular weight is 324 g/mol. The summed E-state index contributed by atoms with van der Waals surface area (Å²) in [6, 6.07) is 0.708. The van der Waals surface area contributed by atoms with E-state index in [1.54, 1.807) is 0 Å². The Morgan fingerprint density at radius 2 is 1.17 bits per heavy atom. The Morgan fingerprint density at radius 1 is 0.652 bits per heavy atom. The van der Waals surface area contributed by atoms with E-state index in [1.165, 1.54) is 103 Å². The van der Waals surface area contributed by atoms with E-state index in [1.807, 2.05) is 0 Å². The summed E-state index contributed by atoms with van der Waals surface area (Å²) in [6.07, 6.45) is 25.5. The lowest BCUT2D eigenvalue weighted by molar-refractivity contribution is 0.479. The molecular weight excluding hydrogens is 278 g/mol. The van der Waals surface area contributed by atoms with Gasteiger partial charge in [-0.05, 0) is 52.0 Å². The van der Waals surface area contributed by atoms with Crippen LogP contribution in [0.3, 0.4) is 0 Å². The summed E-state index contributed by atoms with van der Waals surface area (Å²) in [5.41, 5.74) is 0. The minimum atomic E-state index is 0.708. The van der Waals surface area contributed by atoms with Gasteiger partial charge in [-0.25, -0.2) is 0 Å². The second-order valence-corrected chi connectivity index (χ2v) is 7.23. The van der Waals surface area contributed by atoms with Gasteiger partial charge in [-0.3, -0.25) is 0 Å². The lowest BCUT2D eigenvalue weighted by atomic mass is 10.1. The summed E-state index contributed by atoms with van der Waals surface area (Å²) in [6.45, 7) is 8.02. The van der Waals surface area contributed by atoms with Gasteiger partial charge in [0.2, 0.25) is 0 Å². The van der Waals surface area contributed by atoms with E-state index in [0.717, 1.165) is 0 Å². The van der Waals surface area contributed by atoms with Crippen LogP contribution in [0, 0.1) is 0 Å². The summed E-state index contributed by atoms with van der Waals surface area (Å²) in [7, 11) is 0. The first-order valence-corrected chi connectivity index (χ1v) is 10.7. The molecule has 0 aromatic heterocycles. The van der Waals surface area contributed by atoms with Crippen LogP contribution >= 0.6 is 0 Å². The summed E-state index contributed by atoms with van der Waals surface area (Å²) in [4.78, 5) is 0. The Morgan fingerprint density at radius 3 is 1.74 bits per heavy atom. The first kappa shape index (κ1) is 22.7. The fraction of sp³-hybridized carbons (Fsp3) is 0.909. The first-order chi connectivity index (χ1) is 11.3. The number of nitrogens with one attached hydrogen (secondary N) is 1. The van der Waals surface area contributed by atoms with E-state index in [-0.39, 0.29) is 0 Å². The Bertz CT molecular complexity index is 234. The van der Waals surface area contributed by atoms with Crippen LogP contribution < -0.4 is 5.32 Å². The SMILES string of the molecule is CCCCCCCC/C=C\CCCCCCCC(C)NCCC. The largest absolute Gasteiger partial charge is 0.314 e. The van der Waals surface area contributed by atoms with Crippen LogP contribution in [0.25, 0.3) is 0 Å².